The number of carbonyl (C=O) groups is 1. The summed E-state index contributed by atoms with van der Waals surface area (Å²) in [6.45, 7) is 8.32. The van der Waals surface area contributed by atoms with Gasteiger partial charge in [0.25, 0.3) is 0 Å². The van der Waals surface area contributed by atoms with Crippen LogP contribution in [-0.2, 0) is 4.74 Å². The summed E-state index contributed by atoms with van der Waals surface area (Å²) < 4.78 is 5.21. The largest absolute Gasteiger partial charge is 0.444 e. The number of amides is 1. The molecule has 1 amide bonds. The molecule has 0 unspecified atom stereocenters. The Kier molecular flexibility index (Phi) is 3.80. The Morgan fingerprint density at radius 3 is 2.38 bits per heavy atom. The minimum atomic E-state index is -0.536. The lowest BCUT2D eigenvalue weighted by atomic mass is 9.89. The zero-order chi connectivity index (χ0) is 12.5. The third-order valence-corrected chi connectivity index (χ3v) is 2.66. The second-order valence-electron chi connectivity index (χ2n) is 5.46. The smallest absolute Gasteiger partial charge is 0.410 e. The molecule has 5 nitrogen and oxygen atoms in total. The highest BCUT2D eigenvalue weighted by molar-refractivity contribution is 5.69. The van der Waals surface area contributed by atoms with Crippen molar-refractivity contribution in [1.29, 1.82) is 0 Å². The van der Waals surface area contributed by atoms with Crippen molar-refractivity contribution in [3.63, 3.8) is 0 Å². The van der Waals surface area contributed by atoms with Crippen molar-refractivity contribution < 1.29 is 14.6 Å². The van der Waals surface area contributed by atoms with Gasteiger partial charge in [0.15, 0.2) is 0 Å². The SMILES string of the molecule is C[C@@H](O)[C@H](N)C1CN(C(=O)OC(C)(C)C)C1. The summed E-state index contributed by atoms with van der Waals surface area (Å²) in [7, 11) is 0. The monoisotopic (exact) mass is 230 g/mol. The van der Waals surface area contributed by atoms with Gasteiger partial charge in [-0.2, -0.15) is 0 Å². The fourth-order valence-electron chi connectivity index (χ4n) is 1.63. The molecule has 0 saturated carbocycles. The highest BCUT2D eigenvalue weighted by Gasteiger charge is 2.38. The van der Waals surface area contributed by atoms with Gasteiger partial charge in [0, 0.05) is 25.0 Å². The first kappa shape index (κ1) is 13.3. The van der Waals surface area contributed by atoms with Crippen LogP contribution in [0.15, 0.2) is 0 Å². The van der Waals surface area contributed by atoms with Gasteiger partial charge in [-0.25, -0.2) is 4.79 Å². The average molecular weight is 230 g/mol. The third-order valence-electron chi connectivity index (χ3n) is 2.66. The lowest BCUT2D eigenvalue weighted by molar-refractivity contribution is -0.0137. The van der Waals surface area contributed by atoms with Crippen LogP contribution in [0, 0.1) is 5.92 Å². The Balaban J connectivity index is 2.33. The van der Waals surface area contributed by atoms with E-state index in [0.29, 0.717) is 13.1 Å². The maximum atomic E-state index is 11.6. The number of rotatable bonds is 2. The molecule has 0 aromatic carbocycles. The lowest BCUT2D eigenvalue weighted by Crippen LogP contribution is -2.59. The highest BCUT2D eigenvalue weighted by atomic mass is 16.6. The zero-order valence-electron chi connectivity index (χ0n) is 10.4. The maximum Gasteiger partial charge on any atom is 0.410 e. The van der Waals surface area contributed by atoms with Crippen LogP contribution in [0.5, 0.6) is 0 Å². The van der Waals surface area contributed by atoms with Crippen molar-refractivity contribution in [2.24, 2.45) is 11.7 Å². The Labute approximate surface area is 96.6 Å². The van der Waals surface area contributed by atoms with Crippen molar-refractivity contribution in [1.82, 2.24) is 4.90 Å². The van der Waals surface area contributed by atoms with Gasteiger partial charge >= 0.3 is 6.09 Å². The molecule has 0 aromatic heterocycles. The van der Waals surface area contributed by atoms with E-state index >= 15 is 0 Å². The molecule has 1 fully saturated rings. The van der Waals surface area contributed by atoms with Gasteiger partial charge in [-0.15, -0.1) is 0 Å². The number of nitrogens with zero attached hydrogens (tertiary/aromatic N) is 1. The summed E-state index contributed by atoms with van der Waals surface area (Å²) in [6, 6.07) is -0.265. The van der Waals surface area contributed by atoms with Crippen LogP contribution >= 0.6 is 0 Å². The summed E-state index contributed by atoms with van der Waals surface area (Å²) in [6.07, 6.45) is -0.840. The summed E-state index contributed by atoms with van der Waals surface area (Å²) >= 11 is 0. The molecule has 3 N–H and O–H groups in total. The molecule has 1 aliphatic rings. The van der Waals surface area contributed by atoms with Gasteiger partial charge in [-0.1, -0.05) is 0 Å². The summed E-state index contributed by atoms with van der Waals surface area (Å²) in [5.74, 6) is 0.174. The van der Waals surface area contributed by atoms with Gasteiger partial charge in [0.2, 0.25) is 0 Å². The number of likely N-dealkylation sites (tertiary alicyclic amines) is 1. The number of aliphatic hydroxyl groups excluding tert-OH is 1. The van der Waals surface area contributed by atoms with E-state index in [-0.39, 0.29) is 18.1 Å². The Bertz CT molecular complexity index is 254. The van der Waals surface area contributed by atoms with Crippen LogP contribution in [0.4, 0.5) is 4.79 Å². The number of carbonyl (C=O) groups excluding carboxylic acids is 1. The van der Waals surface area contributed by atoms with Gasteiger partial charge in [-0.3, -0.25) is 0 Å². The van der Waals surface area contributed by atoms with Crippen LogP contribution in [0.1, 0.15) is 27.7 Å². The van der Waals surface area contributed by atoms with Gasteiger partial charge in [0.05, 0.1) is 6.10 Å². The molecular formula is C11H22N2O3. The molecule has 2 atom stereocenters. The second-order valence-corrected chi connectivity index (χ2v) is 5.46. The number of hydrogen-bond acceptors (Lipinski definition) is 4. The Morgan fingerprint density at radius 1 is 1.50 bits per heavy atom. The molecule has 0 bridgehead atoms. The Hall–Kier alpha value is -0.810. The molecule has 1 saturated heterocycles. The average Bonchev–Trinajstić information content (AvgIpc) is 1.96. The standard InChI is InChI=1S/C11H22N2O3/c1-7(14)9(12)8-5-13(6-8)10(15)16-11(2,3)4/h7-9,14H,5-6,12H2,1-4H3/t7-,9+/m1/s1. The van der Waals surface area contributed by atoms with Crippen molar-refractivity contribution in [3.8, 4) is 0 Å². The maximum absolute atomic E-state index is 11.6. The minimum Gasteiger partial charge on any atom is -0.444 e. The van der Waals surface area contributed by atoms with Crippen molar-refractivity contribution in [3.05, 3.63) is 0 Å². The molecule has 94 valence electrons. The number of nitrogens with two attached hydrogens (primary N) is 1. The first-order valence-corrected chi connectivity index (χ1v) is 5.62. The van der Waals surface area contributed by atoms with Gasteiger partial charge in [0.1, 0.15) is 5.60 Å². The van der Waals surface area contributed by atoms with E-state index in [4.69, 9.17) is 10.5 Å². The first-order valence-electron chi connectivity index (χ1n) is 5.62. The minimum absolute atomic E-state index is 0.174. The summed E-state index contributed by atoms with van der Waals surface area (Å²) in [5, 5.41) is 9.31. The molecular weight excluding hydrogens is 208 g/mol. The topological polar surface area (TPSA) is 75.8 Å². The van der Waals surface area contributed by atoms with E-state index in [9.17, 15) is 9.90 Å². The fourth-order valence-corrected chi connectivity index (χ4v) is 1.63. The van der Waals surface area contributed by atoms with E-state index in [1.54, 1.807) is 11.8 Å². The van der Waals surface area contributed by atoms with Crippen molar-refractivity contribution >= 4 is 6.09 Å². The van der Waals surface area contributed by atoms with E-state index in [1.165, 1.54) is 0 Å². The zero-order valence-corrected chi connectivity index (χ0v) is 10.4. The van der Waals surface area contributed by atoms with E-state index in [0.717, 1.165) is 0 Å². The summed E-state index contributed by atoms with van der Waals surface area (Å²) in [5.41, 5.74) is 5.32. The number of ether oxygens (including phenoxy) is 1. The molecule has 1 rings (SSSR count). The third kappa shape index (κ3) is 3.35. The molecule has 0 spiro atoms. The van der Waals surface area contributed by atoms with Crippen LogP contribution in [0.3, 0.4) is 0 Å². The van der Waals surface area contributed by atoms with Gasteiger partial charge in [-0.05, 0) is 27.7 Å². The molecule has 1 aliphatic heterocycles. The predicted octanol–water partition coefficient (Wildman–Crippen LogP) is 0.561. The molecule has 0 aliphatic carbocycles. The van der Waals surface area contributed by atoms with E-state index < -0.39 is 11.7 Å². The van der Waals surface area contributed by atoms with Crippen LogP contribution in [-0.4, -0.2) is 46.9 Å². The summed E-state index contributed by atoms with van der Waals surface area (Å²) in [4.78, 5) is 13.2. The molecule has 1 heterocycles. The fraction of sp³-hybridized carbons (Fsp3) is 0.909. The van der Waals surface area contributed by atoms with E-state index in [1.807, 2.05) is 20.8 Å². The molecule has 0 aromatic rings. The lowest BCUT2D eigenvalue weighted by Gasteiger charge is -2.43. The van der Waals surface area contributed by atoms with Crippen LogP contribution in [0.2, 0.25) is 0 Å². The van der Waals surface area contributed by atoms with Crippen LogP contribution < -0.4 is 5.73 Å². The van der Waals surface area contributed by atoms with Crippen molar-refractivity contribution in [2.75, 3.05) is 13.1 Å². The number of hydrogen-bond donors (Lipinski definition) is 2. The van der Waals surface area contributed by atoms with Crippen LogP contribution in [0.25, 0.3) is 0 Å². The normalized spacial score (nSPS) is 21.2. The molecule has 0 radical (unpaired) electrons. The first-order chi connectivity index (χ1) is 7.20. The Morgan fingerprint density at radius 2 is 2.00 bits per heavy atom. The highest BCUT2D eigenvalue weighted by Crippen LogP contribution is 2.22. The van der Waals surface area contributed by atoms with E-state index in [2.05, 4.69) is 0 Å². The van der Waals surface area contributed by atoms with Gasteiger partial charge < -0.3 is 20.5 Å². The second kappa shape index (κ2) is 4.59. The molecule has 5 heteroatoms. The quantitative estimate of drug-likeness (QED) is 0.727. The van der Waals surface area contributed by atoms with Crippen molar-refractivity contribution in [2.45, 2.75) is 45.4 Å². The number of aliphatic hydroxyl groups is 1. The predicted molar refractivity (Wildman–Crippen MR) is 61.0 cm³/mol. The molecule has 16 heavy (non-hydrogen) atoms.